The van der Waals surface area contributed by atoms with Crippen molar-refractivity contribution in [2.24, 2.45) is 0 Å². The van der Waals surface area contributed by atoms with Crippen LogP contribution in [0.5, 0.6) is 0 Å². The average Bonchev–Trinajstić information content (AvgIpc) is 2.46. The largest absolute Gasteiger partial charge is 0.464 e. The van der Waals surface area contributed by atoms with Crippen molar-refractivity contribution in [2.45, 2.75) is 5.75 Å². The van der Waals surface area contributed by atoms with Crippen LogP contribution in [-0.4, -0.2) is 0 Å². The highest BCUT2D eigenvalue weighted by Gasteiger charge is 2.03. The van der Waals surface area contributed by atoms with Crippen LogP contribution in [0.15, 0.2) is 28.9 Å². The number of benzene rings is 1. The molecule has 0 atom stereocenters. The predicted octanol–water partition coefficient (Wildman–Crippen LogP) is 3.52. The number of rotatable bonds is 1. The van der Waals surface area contributed by atoms with Gasteiger partial charge in [0.05, 0.1) is 6.26 Å². The van der Waals surface area contributed by atoms with Gasteiger partial charge in [0.15, 0.2) is 0 Å². The van der Waals surface area contributed by atoms with Crippen molar-refractivity contribution in [2.75, 3.05) is 0 Å². The van der Waals surface area contributed by atoms with Crippen LogP contribution >= 0.6 is 24.2 Å². The Labute approximate surface area is 80.7 Å². The number of hydrogen-bond acceptors (Lipinski definition) is 2. The predicted molar refractivity (Wildman–Crippen MR) is 53.9 cm³/mol. The van der Waals surface area contributed by atoms with E-state index in [0.29, 0.717) is 5.75 Å². The Morgan fingerprint density at radius 2 is 2.25 bits per heavy atom. The first-order chi connectivity index (χ1) is 5.81. The number of hydrogen-bond donors (Lipinski definition) is 1. The van der Waals surface area contributed by atoms with Gasteiger partial charge in [-0.3, -0.25) is 0 Å². The van der Waals surface area contributed by atoms with Gasteiger partial charge in [-0.15, -0.1) is 0 Å². The van der Waals surface area contributed by atoms with Crippen molar-refractivity contribution in [1.82, 2.24) is 0 Å². The smallest absolute Gasteiger partial charge is 0.134 e. The Balaban J connectivity index is 2.75. The van der Waals surface area contributed by atoms with Gasteiger partial charge in [0.2, 0.25) is 0 Å². The minimum atomic E-state index is 0.674. The minimum Gasteiger partial charge on any atom is -0.464 e. The number of furan rings is 1. The average molecular weight is 199 g/mol. The molecule has 0 amide bonds. The molecule has 2 aromatic rings. The van der Waals surface area contributed by atoms with Crippen LogP contribution in [0.2, 0.25) is 5.02 Å². The highest BCUT2D eigenvalue weighted by Crippen LogP contribution is 2.25. The maximum absolute atomic E-state index is 5.84. The Hall–Kier alpha value is -0.600. The summed E-state index contributed by atoms with van der Waals surface area (Å²) in [5.74, 6) is 0.674. The summed E-state index contributed by atoms with van der Waals surface area (Å²) in [7, 11) is 0. The molecule has 2 rings (SSSR count). The summed E-state index contributed by atoms with van der Waals surface area (Å²) in [6.07, 6.45) is 1.72. The standard InChI is InChI=1S/C9H7ClOS/c10-7-1-2-9-8(3-7)6(5-12)4-11-9/h1-4,12H,5H2. The third kappa shape index (κ3) is 1.21. The van der Waals surface area contributed by atoms with E-state index in [4.69, 9.17) is 16.0 Å². The zero-order valence-electron chi connectivity index (χ0n) is 6.25. The fourth-order valence-electron chi connectivity index (χ4n) is 1.18. The van der Waals surface area contributed by atoms with E-state index >= 15 is 0 Å². The van der Waals surface area contributed by atoms with Crippen molar-refractivity contribution in [3.05, 3.63) is 35.0 Å². The lowest BCUT2D eigenvalue weighted by atomic mass is 10.2. The van der Waals surface area contributed by atoms with E-state index in [2.05, 4.69) is 12.6 Å². The Morgan fingerprint density at radius 1 is 1.42 bits per heavy atom. The molecule has 0 aliphatic heterocycles. The summed E-state index contributed by atoms with van der Waals surface area (Å²) in [5.41, 5.74) is 1.94. The molecule has 0 saturated carbocycles. The zero-order valence-corrected chi connectivity index (χ0v) is 7.90. The first-order valence-corrected chi connectivity index (χ1v) is 4.59. The molecule has 12 heavy (non-hydrogen) atoms. The Bertz CT molecular complexity index is 408. The molecule has 1 aromatic carbocycles. The second-order valence-corrected chi connectivity index (χ2v) is 3.31. The third-order valence-corrected chi connectivity index (χ3v) is 2.36. The van der Waals surface area contributed by atoms with E-state index in [1.165, 1.54) is 0 Å². The van der Waals surface area contributed by atoms with Crippen molar-refractivity contribution in [1.29, 1.82) is 0 Å². The van der Waals surface area contributed by atoms with Gasteiger partial charge < -0.3 is 4.42 Å². The number of thiol groups is 1. The Morgan fingerprint density at radius 3 is 3.00 bits per heavy atom. The Kier molecular flexibility index (Phi) is 2.03. The summed E-state index contributed by atoms with van der Waals surface area (Å²) in [5, 5.41) is 1.78. The maximum Gasteiger partial charge on any atom is 0.134 e. The number of halogens is 1. The maximum atomic E-state index is 5.84. The topological polar surface area (TPSA) is 13.1 Å². The van der Waals surface area contributed by atoms with Crippen molar-refractivity contribution in [3.63, 3.8) is 0 Å². The molecule has 0 unspecified atom stereocenters. The van der Waals surface area contributed by atoms with E-state index in [1.807, 2.05) is 18.2 Å². The molecule has 3 heteroatoms. The van der Waals surface area contributed by atoms with E-state index < -0.39 is 0 Å². The van der Waals surface area contributed by atoms with Crippen molar-refractivity contribution in [3.8, 4) is 0 Å². The molecule has 0 aliphatic rings. The van der Waals surface area contributed by atoms with Crippen LogP contribution in [0, 0.1) is 0 Å². The fraction of sp³-hybridized carbons (Fsp3) is 0.111. The lowest BCUT2D eigenvalue weighted by Gasteiger charge is -1.91. The highest BCUT2D eigenvalue weighted by molar-refractivity contribution is 7.79. The van der Waals surface area contributed by atoms with Gasteiger partial charge in [-0.05, 0) is 18.2 Å². The molecule has 0 fully saturated rings. The summed E-state index contributed by atoms with van der Waals surface area (Å²) in [6, 6.07) is 5.58. The molecule has 1 nitrogen and oxygen atoms in total. The highest BCUT2D eigenvalue weighted by atomic mass is 35.5. The molecule has 0 aliphatic carbocycles. The molecule has 0 N–H and O–H groups in total. The van der Waals surface area contributed by atoms with Gasteiger partial charge in [-0.1, -0.05) is 11.6 Å². The van der Waals surface area contributed by atoms with E-state index in [1.54, 1.807) is 6.26 Å². The molecular weight excluding hydrogens is 192 g/mol. The zero-order chi connectivity index (χ0) is 8.55. The second kappa shape index (κ2) is 3.04. The van der Waals surface area contributed by atoms with Crippen molar-refractivity contribution < 1.29 is 4.42 Å². The van der Waals surface area contributed by atoms with Gasteiger partial charge in [-0.2, -0.15) is 12.6 Å². The molecule has 0 radical (unpaired) electrons. The molecular formula is C9H7ClOS. The van der Waals surface area contributed by atoms with E-state index in [-0.39, 0.29) is 0 Å². The molecule has 0 saturated heterocycles. The van der Waals surface area contributed by atoms with Crippen LogP contribution in [0.4, 0.5) is 0 Å². The third-order valence-electron chi connectivity index (χ3n) is 1.79. The first-order valence-electron chi connectivity index (χ1n) is 3.58. The second-order valence-electron chi connectivity index (χ2n) is 2.56. The first kappa shape index (κ1) is 8.02. The van der Waals surface area contributed by atoms with Crippen LogP contribution in [0.1, 0.15) is 5.56 Å². The van der Waals surface area contributed by atoms with E-state index in [9.17, 15) is 0 Å². The van der Waals surface area contributed by atoms with Gasteiger partial charge in [0.1, 0.15) is 5.58 Å². The van der Waals surface area contributed by atoms with Crippen LogP contribution in [0.25, 0.3) is 11.0 Å². The van der Waals surface area contributed by atoms with Gasteiger partial charge in [0, 0.05) is 21.7 Å². The van der Waals surface area contributed by atoms with Crippen LogP contribution < -0.4 is 0 Å². The normalized spacial score (nSPS) is 10.8. The summed E-state index contributed by atoms with van der Waals surface area (Å²) in [6.45, 7) is 0. The molecule has 0 bridgehead atoms. The van der Waals surface area contributed by atoms with E-state index in [0.717, 1.165) is 21.6 Å². The summed E-state index contributed by atoms with van der Waals surface area (Å²) < 4.78 is 5.29. The fourth-order valence-corrected chi connectivity index (χ4v) is 1.59. The minimum absolute atomic E-state index is 0.674. The van der Waals surface area contributed by atoms with Gasteiger partial charge in [0.25, 0.3) is 0 Å². The number of fused-ring (bicyclic) bond motifs is 1. The van der Waals surface area contributed by atoms with Crippen molar-refractivity contribution >= 4 is 35.2 Å². The summed E-state index contributed by atoms with van der Waals surface area (Å²) in [4.78, 5) is 0. The molecule has 1 aromatic heterocycles. The van der Waals surface area contributed by atoms with Gasteiger partial charge >= 0.3 is 0 Å². The lowest BCUT2D eigenvalue weighted by molar-refractivity contribution is 0.613. The SMILES string of the molecule is SCc1coc2ccc(Cl)cc12. The molecule has 1 heterocycles. The van der Waals surface area contributed by atoms with Crippen LogP contribution in [0.3, 0.4) is 0 Å². The molecule has 62 valence electrons. The van der Waals surface area contributed by atoms with Gasteiger partial charge in [-0.25, -0.2) is 0 Å². The quantitative estimate of drug-likeness (QED) is 0.692. The molecule has 0 spiro atoms. The van der Waals surface area contributed by atoms with Crippen LogP contribution in [-0.2, 0) is 5.75 Å². The lowest BCUT2D eigenvalue weighted by Crippen LogP contribution is -1.72. The summed E-state index contributed by atoms with van der Waals surface area (Å²) >= 11 is 10.0. The monoisotopic (exact) mass is 198 g/mol.